The Balaban J connectivity index is 0.000000540. The van der Waals surface area contributed by atoms with E-state index >= 15 is 0 Å². The highest BCUT2D eigenvalue weighted by molar-refractivity contribution is 7.81. The maximum absolute atomic E-state index is 13.9. The fourth-order valence-corrected chi connectivity index (χ4v) is 6.36. The molecule has 0 saturated heterocycles. The van der Waals surface area contributed by atoms with E-state index in [2.05, 4.69) is 78.5 Å². The maximum Gasteiger partial charge on any atom is 0.330 e. The molecule has 1 amide bonds. The number of carbonyl (C=O) groups excluding carboxylic acids is 2. The van der Waals surface area contributed by atoms with Crippen LogP contribution in [0.15, 0.2) is 18.2 Å². The number of thiol groups is 1. The van der Waals surface area contributed by atoms with Gasteiger partial charge in [0.1, 0.15) is 5.60 Å². The molecule has 1 aliphatic carbocycles. The van der Waals surface area contributed by atoms with Crippen molar-refractivity contribution >= 4 is 43.1 Å². The second-order valence-electron chi connectivity index (χ2n) is 16.7. The molecule has 0 N–H and O–H groups in total. The number of benzene rings is 1. The van der Waals surface area contributed by atoms with Crippen molar-refractivity contribution < 1.29 is 23.4 Å². The molecule has 0 aromatic heterocycles. The lowest BCUT2D eigenvalue weighted by Gasteiger charge is -2.42. The van der Waals surface area contributed by atoms with Crippen LogP contribution >= 0.6 is 12.6 Å². The molecular weight excluding hydrogens is 644 g/mol. The lowest BCUT2D eigenvalue weighted by Crippen LogP contribution is -2.50. The number of halogens is 1. The highest BCUT2D eigenvalue weighted by Crippen LogP contribution is 2.51. The molecule has 1 saturated carbocycles. The van der Waals surface area contributed by atoms with E-state index in [9.17, 15) is 14.0 Å². The highest BCUT2D eigenvalue weighted by atomic mass is 32.1. The summed E-state index contributed by atoms with van der Waals surface area (Å²) in [5.74, 6) is 1.01. The van der Waals surface area contributed by atoms with Crippen LogP contribution in [-0.4, -0.2) is 47.5 Å². The number of esters is 1. The van der Waals surface area contributed by atoms with Gasteiger partial charge in [0.2, 0.25) is 5.91 Å². The predicted molar refractivity (Wildman–Crippen MR) is 216 cm³/mol. The van der Waals surface area contributed by atoms with E-state index in [4.69, 9.17) is 22.0 Å². The van der Waals surface area contributed by atoms with Gasteiger partial charge >= 0.3 is 13.5 Å². The van der Waals surface area contributed by atoms with Crippen LogP contribution < -0.4 is 10.4 Å². The molecule has 2 atom stereocenters. The lowest BCUT2D eigenvalue weighted by atomic mass is 9.73. The monoisotopic (exact) mass is 719 g/mol. The van der Waals surface area contributed by atoms with Crippen LogP contribution in [0.5, 0.6) is 0 Å². The first-order chi connectivity index (χ1) is 23.2. The van der Waals surface area contributed by atoms with E-state index in [1.807, 2.05) is 49.0 Å². The zero-order chi connectivity index (χ0) is 38.5. The van der Waals surface area contributed by atoms with Crippen LogP contribution in [0, 0.1) is 11.8 Å². The zero-order valence-electron chi connectivity index (χ0n) is 34.5. The summed E-state index contributed by atoms with van der Waals surface area (Å²) in [4.78, 5) is 27.3. The molecule has 50 heavy (non-hydrogen) atoms. The molecule has 2 unspecified atom stereocenters. The van der Waals surface area contributed by atoms with Crippen molar-refractivity contribution in [3.63, 3.8) is 0 Å². The molecule has 1 aromatic rings. The first-order valence-electron chi connectivity index (χ1n) is 19.8. The molecule has 1 heterocycles. The third-order valence-electron chi connectivity index (χ3n) is 10.6. The van der Waals surface area contributed by atoms with Crippen molar-refractivity contribution in [3.05, 3.63) is 23.8 Å². The molecule has 0 spiro atoms. The van der Waals surface area contributed by atoms with Gasteiger partial charge in [-0.3, -0.25) is 9.59 Å². The number of amides is 1. The normalized spacial score (nSPS) is 19.6. The quantitative estimate of drug-likeness (QED) is 0.105. The van der Waals surface area contributed by atoms with Crippen LogP contribution in [0.4, 0.5) is 10.1 Å². The average molecular weight is 719 g/mol. The number of alkyl halides is 1. The standard InChI is InChI=1S/C26H41BNO2S.C9H18O2.C7H15F/c1-8-13-26(14-9-2)21-12-11-19(27-30-24(4,5)25(6,7)31)17-22(21)28(23(26)29)20-15-18(10-3)16-20;1-6-7(2)8(10)11-9(3,4)5;1-3-5-6-7(8)4-2/h11-12,17-18,20,31H,8-10,13-16H2,1-7H3;7H,6H2,1-5H3;7H,3-6H2,1-2H3. The molecule has 8 heteroatoms. The largest absolute Gasteiger partial charge is 0.460 e. The Morgan fingerprint density at radius 3 is 2.00 bits per heavy atom. The minimum absolute atomic E-state index is 0.0224. The van der Waals surface area contributed by atoms with Gasteiger partial charge in [0.05, 0.1) is 23.1 Å². The maximum atomic E-state index is 13.9. The number of fused-ring (bicyclic) bond motifs is 1. The number of rotatable bonds is 16. The molecule has 1 aromatic carbocycles. The molecule has 2 aliphatic rings. The minimum Gasteiger partial charge on any atom is -0.460 e. The minimum atomic E-state index is -0.546. The van der Waals surface area contributed by atoms with Crippen molar-refractivity contribution in [2.24, 2.45) is 11.8 Å². The van der Waals surface area contributed by atoms with Gasteiger partial charge in [-0.1, -0.05) is 98.2 Å². The fraction of sp³-hybridized carbons (Fsp3) is 0.810. The molecule has 0 bridgehead atoms. The zero-order valence-corrected chi connectivity index (χ0v) is 35.4. The highest BCUT2D eigenvalue weighted by Gasteiger charge is 2.53. The predicted octanol–water partition coefficient (Wildman–Crippen LogP) is 11.1. The molecule has 5 nitrogen and oxygen atoms in total. The van der Waals surface area contributed by atoms with Gasteiger partial charge in [-0.05, 0) is 111 Å². The van der Waals surface area contributed by atoms with E-state index < -0.39 is 11.8 Å². The van der Waals surface area contributed by atoms with E-state index in [1.54, 1.807) is 0 Å². The Kier molecular flexibility index (Phi) is 19.2. The summed E-state index contributed by atoms with van der Waals surface area (Å²) in [6, 6.07) is 6.84. The molecule has 3 rings (SSSR count). The number of hydrogen-bond donors (Lipinski definition) is 1. The number of ether oxygens (including phenoxy) is 1. The number of hydrogen-bond acceptors (Lipinski definition) is 5. The molecule has 1 fully saturated rings. The Hall–Kier alpha value is -1.54. The lowest BCUT2D eigenvalue weighted by molar-refractivity contribution is -0.159. The third kappa shape index (κ3) is 13.1. The van der Waals surface area contributed by atoms with Gasteiger partial charge in [-0.25, -0.2) is 4.39 Å². The van der Waals surface area contributed by atoms with Crippen LogP contribution in [0.2, 0.25) is 0 Å². The SMILES string of the molecule is CCC(C)C(=O)OC(C)(C)C.CCCC1(CCC)C(=O)N(C2CC(CC)C2)c2cc([B]OC(C)(C)C(C)(C)S)ccc21.CCCCC(F)CC. The third-order valence-corrected chi connectivity index (χ3v) is 11.2. The van der Waals surface area contributed by atoms with Gasteiger partial charge < -0.3 is 14.3 Å². The Morgan fingerprint density at radius 2 is 1.56 bits per heavy atom. The van der Waals surface area contributed by atoms with Gasteiger partial charge in [-0.2, -0.15) is 12.6 Å². The van der Waals surface area contributed by atoms with Crippen molar-refractivity contribution in [2.75, 3.05) is 4.90 Å². The topological polar surface area (TPSA) is 55.8 Å². The molecular formula is C42H74BFNO4S. The van der Waals surface area contributed by atoms with E-state index in [-0.39, 0.29) is 27.7 Å². The number of unbranched alkanes of at least 4 members (excludes halogenated alkanes) is 1. The summed E-state index contributed by atoms with van der Waals surface area (Å²) in [7, 11) is 1.84. The Labute approximate surface area is 313 Å². The molecule has 1 aliphatic heterocycles. The molecule has 287 valence electrons. The summed E-state index contributed by atoms with van der Waals surface area (Å²) in [5.41, 5.74) is 2.24. The Bertz CT molecular complexity index is 1170. The van der Waals surface area contributed by atoms with Gasteiger partial charge in [0, 0.05) is 16.5 Å². The van der Waals surface area contributed by atoms with Gasteiger partial charge in [0.25, 0.3) is 0 Å². The van der Waals surface area contributed by atoms with Crippen molar-refractivity contribution in [2.45, 2.75) is 208 Å². The van der Waals surface area contributed by atoms with Gasteiger partial charge in [-0.15, -0.1) is 0 Å². The van der Waals surface area contributed by atoms with Crippen molar-refractivity contribution in [3.8, 4) is 0 Å². The van der Waals surface area contributed by atoms with Crippen molar-refractivity contribution in [1.82, 2.24) is 0 Å². The number of anilines is 1. The van der Waals surface area contributed by atoms with Crippen LogP contribution in [0.1, 0.15) is 180 Å². The summed E-state index contributed by atoms with van der Waals surface area (Å²) in [6.07, 6.45) is 11.2. The number of nitrogens with zero attached hydrogens (tertiary/aromatic N) is 1. The van der Waals surface area contributed by atoms with Gasteiger partial charge in [0.15, 0.2) is 0 Å². The second-order valence-corrected chi connectivity index (χ2v) is 17.8. The molecule has 1 radical (unpaired) electrons. The fourth-order valence-electron chi connectivity index (χ4n) is 6.31. The summed E-state index contributed by atoms with van der Waals surface area (Å²) in [6.45, 7) is 28.4. The van der Waals surface area contributed by atoms with Crippen LogP contribution in [0.3, 0.4) is 0 Å². The summed E-state index contributed by atoms with van der Waals surface area (Å²) < 4.78 is 23.4. The first kappa shape index (κ1) is 46.5. The van der Waals surface area contributed by atoms with Crippen molar-refractivity contribution in [1.29, 1.82) is 0 Å². The average Bonchev–Trinajstić information content (AvgIpc) is 3.24. The summed E-state index contributed by atoms with van der Waals surface area (Å²) >= 11 is 4.71. The Morgan fingerprint density at radius 1 is 0.980 bits per heavy atom. The van der Waals surface area contributed by atoms with Crippen LogP contribution in [0.25, 0.3) is 0 Å². The van der Waals surface area contributed by atoms with E-state index in [1.165, 1.54) is 12.0 Å². The first-order valence-corrected chi connectivity index (χ1v) is 20.2. The number of carbonyl (C=O) groups is 2. The second kappa shape index (κ2) is 20.6. The van der Waals surface area contributed by atoms with E-state index in [0.717, 1.165) is 81.3 Å². The van der Waals surface area contributed by atoms with Crippen LogP contribution in [-0.2, 0) is 24.4 Å². The van der Waals surface area contributed by atoms with E-state index in [0.29, 0.717) is 18.4 Å². The smallest absolute Gasteiger partial charge is 0.330 e. The summed E-state index contributed by atoms with van der Waals surface area (Å²) in [5, 5.41) is 0.